The van der Waals surface area contributed by atoms with E-state index in [2.05, 4.69) is 15.5 Å². The van der Waals surface area contributed by atoms with Crippen LogP contribution in [0.4, 0.5) is 0 Å². The first-order chi connectivity index (χ1) is 19.0. The lowest BCUT2D eigenvalue weighted by Gasteiger charge is -2.11. The summed E-state index contributed by atoms with van der Waals surface area (Å²) in [5.74, 6) is -0.142. The normalized spacial score (nSPS) is 11.0. The van der Waals surface area contributed by atoms with Gasteiger partial charge in [0.1, 0.15) is 5.69 Å². The average molecular weight is 518 g/mol. The van der Waals surface area contributed by atoms with Crippen molar-refractivity contribution >= 4 is 29.0 Å². The fourth-order valence-electron chi connectivity index (χ4n) is 4.24. The Hall–Kier alpha value is -5.17. The lowest BCUT2D eigenvalue weighted by atomic mass is 10.0. The number of para-hydroxylation sites is 1. The molecule has 0 saturated heterocycles. The third-order valence-corrected chi connectivity index (χ3v) is 6.13. The maximum Gasteiger partial charge on any atom is 0.343 e. The summed E-state index contributed by atoms with van der Waals surface area (Å²) in [6.45, 7) is 4.18. The molecular weight excluding hydrogens is 490 g/mol. The van der Waals surface area contributed by atoms with Crippen molar-refractivity contribution in [1.29, 1.82) is 0 Å². The molecule has 0 spiro atoms. The minimum Gasteiger partial charge on any atom is -0.490 e. The van der Waals surface area contributed by atoms with Crippen molar-refractivity contribution in [2.45, 2.75) is 13.8 Å². The number of hydrazone groups is 1. The van der Waals surface area contributed by atoms with Gasteiger partial charge in [0.2, 0.25) is 0 Å². The Labute approximate surface area is 226 Å². The molecule has 0 fully saturated rings. The van der Waals surface area contributed by atoms with Gasteiger partial charge in [-0.3, -0.25) is 4.79 Å². The molecule has 7 nitrogen and oxygen atoms in total. The number of hydrogen-bond acceptors (Lipinski definition) is 5. The van der Waals surface area contributed by atoms with Crippen LogP contribution in [0.5, 0.6) is 11.5 Å². The lowest BCUT2D eigenvalue weighted by molar-refractivity contribution is 0.0728. The summed E-state index contributed by atoms with van der Waals surface area (Å²) in [5.41, 5.74) is 7.81. The SMILES string of the molecule is CCOc1cc(C=NNC(=O)c2[nH]c3ccccc3c2-c2ccccc2)ccc1OC(=O)c1ccc(C)cc1. The fraction of sp³-hybridized carbons (Fsp3) is 0.0938. The van der Waals surface area contributed by atoms with Crippen LogP contribution in [0.15, 0.2) is 102 Å². The molecule has 1 aromatic heterocycles. The van der Waals surface area contributed by atoms with Gasteiger partial charge in [0, 0.05) is 16.5 Å². The van der Waals surface area contributed by atoms with E-state index < -0.39 is 5.97 Å². The van der Waals surface area contributed by atoms with Crippen LogP contribution in [0.3, 0.4) is 0 Å². The van der Waals surface area contributed by atoms with Crippen LogP contribution in [0, 0.1) is 6.92 Å². The van der Waals surface area contributed by atoms with Crippen LogP contribution in [-0.2, 0) is 0 Å². The molecule has 0 atom stereocenters. The van der Waals surface area contributed by atoms with Crippen molar-refractivity contribution < 1.29 is 19.1 Å². The van der Waals surface area contributed by atoms with Crippen LogP contribution < -0.4 is 14.9 Å². The predicted octanol–water partition coefficient (Wildman–Crippen LogP) is 6.53. The van der Waals surface area contributed by atoms with E-state index in [0.29, 0.717) is 34.9 Å². The monoisotopic (exact) mass is 517 g/mol. The Kier molecular flexibility index (Phi) is 7.50. The van der Waals surface area contributed by atoms with Crippen molar-refractivity contribution in [2.24, 2.45) is 5.10 Å². The molecule has 0 saturated carbocycles. The molecule has 194 valence electrons. The molecule has 1 amide bonds. The molecule has 0 aliphatic carbocycles. The number of nitrogens with zero attached hydrogens (tertiary/aromatic N) is 1. The first-order valence-corrected chi connectivity index (χ1v) is 12.6. The van der Waals surface area contributed by atoms with Gasteiger partial charge in [0.25, 0.3) is 5.91 Å². The van der Waals surface area contributed by atoms with Crippen LogP contribution in [0.25, 0.3) is 22.0 Å². The van der Waals surface area contributed by atoms with Crippen molar-refractivity contribution in [1.82, 2.24) is 10.4 Å². The highest BCUT2D eigenvalue weighted by Gasteiger charge is 2.19. The number of hydrogen-bond donors (Lipinski definition) is 2. The molecule has 5 aromatic rings. The number of fused-ring (bicyclic) bond motifs is 1. The second-order valence-electron chi connectivity index (χ2n) is 8.88. The summed E-state index contributed by atoms with van der Waals surface area (Å²) in [5, 5.41) is 5.12. The summed E-state index contributed by atoms with van der Waals surface area (Å²) < 4.78 is 11.3. The topological polar surface area (TPSA) is 92.8 Å². The highest BCUT2D eigenvalue weighted by Crippen LogP contribution is 2.32. The molecule has 39 heavy (non-hydrogen) atoms. The number of amides is 1. The number of esters is 1. The summed E-state index contributed by atoms with van der Waals surface area (Å²) in [4.78, 5) is 29.0. The quantitative estimate of drug-likeness (QED) is 0.106. The van der Waals surface area contributed by atoms with Gasteiger partial charge in [-0.15, -0.1) is 0 Å². The molecule has 0 unspecified atom stereocenters. The number of aromatic nitrogens is 1. The zero-order valence-corrected chi connectivity index (χ0v) is 21.6. The Bertz CT molecular complexity index is 1650. The van der Waals surface area contributed by atoms with Crippen molar-refractivity contribution in [3.05, 3.63) is 119 Å². The number of aryl methyl sites for hydroxylation is 1. The van der Waals surface area contributed by atoms with E-state index in [1.165, 1.54) is 6.21 Å². The van der Waals surface area contributed by atoms with Gasteiger partial charge in [0.05, 0.1) is 18.4 Å². The molecular formula is C32H27N3O4. The third-order valence-electron chi connectivity index (χ3n) is 6.13. The Morgan fingerprint density at radius 1 is 0.897 bits per heavy atom. The Morgan fingerprint density at radius 2 is 1.64 bits per heavy atom. The molecule has 7 heteroatoms. The van der Waals surface area contributed by atoms with Crippen molar-refractivity contribution in [3.63, 3.8) is 0 Å². The average Bonchev–Trinajstić information content (AvgIpc) is 3.35. The molecule has 0 bridgehead atoms. The third kappa shape index (κ3) is 5.72. The number of carbonyl (C=O) groups is 2. The van der Waals surface area contributed by atoms with Crippen LogP contribution in [-0.4, -0.2) is 29.7 Å². The van der Waals surface area contributed by atoms with Crippen molar-refractivity contribution in [2.75, 3.05) is 6.61 Å². The second kappa shape index (κ2) is 11.5. The maximum atomic E-state index is 13.2. The smallest absolute Gasteiger partial charge is 0.343 e. The molecule has 0 radical (unpaired) electrons. The molecule has 4 aromatic carbocycles. The molecule has 1 heterocycles. The Balaban J connectivity index is 1.34. The first kappa shape index (κ1) is 25.5. The molecule has 0 aliphatic rings. The van der Waals surface area contributed by atoms with E-state index in [-0.39, 0.29) is 5.91 Å². The van der Waals surface area contributed by atoms with Crippen LogP contribution in [0.1, 0.15) is 38.9 Å². The van der Waals surface area contributed by atoms with E-state index in [1.807, 2.05) is 80.6 Å². The fourth-order valence-corrected chi connectivity index (χ4v) is 4.24. The summed E-state index contributed by atoms with van der Waals surface area (Å²) in [6, 6.07) is 29.8. The van der Waals surface area contributed by atoms with E-state index in [1.54, 1.807) is 30.3 Å². The number of nitrogens with one attached hydrogen (secondary N) is 2. The summed E-state index contributed by atoms with van der Waals surface area (Å²) >= 11 is 0. The zero-order valence-electron chi connectivity index (χ0n) is 21.6. The standard InChI is InChI=1S/C32H27N3O4/c1-3-38-28-19-22(15-18-27(28)39-32(37)24-16-13-21(2)14-17-24)20-33-35-31(36)30-29(23-9-5-4-6-10-23)25-11-7-8-12-26(25)34-30/h4-20,34H,3H2,1-2H3,(H,35,36). The maximum absolute atomic E-state index is 13.2. The number of ether oxygens (including phenoxy) is 2. The van der Waals surface area contributed by atoms with E-state index in [0.717, 1.165) is 27.6 Å². The van der Waals surface area contributed by atoms with Gasteiger partial charge in [-0.1, -0.05) is 66.2 Å². The van der Waals surface area contributed by atoms with E-state index >= 15 is 0 Å². The number of rotatable bonds is 8. The highest BCUT2D eigenvalue weighted by atomic mass is 16.6. The van der Waals surface area contributed by atoms with Gasteiger partial charge >= 0.3 is 5.97 Å². The van der Waals surface area contributed by atoms with Gasteiger partial charge in [0.15, 0.2) is 11.5 Å². The number of aromatic amines is 1. The van der Waals surface area contributed by atoms with Gasteiger partial charge < -0.3 is 14.5 Å². The second-order valence-corrected chi connectivity index (χ2v) is 8.88. The molecule has 0 aliphatic heterocycles. The van der Waals surface area contributed by atoms with Crippen LogP contribution in [0.2, 0.25) is 0 Å². The number of carbonyl (C=O) groups excluding carboxylic acids is 2. The van der Waals surface area contributed by atoms with Crippen molar-refractivity contribution in [3.8, 4) is 22.6 Å². The summed E-state index contributed by atoms with van der Waals surface area (Å²) in [7, 11) is 0. The molecule has 2 N–H and O–H groups in total. The zero-order chi connectivity index (χ0) is 27.2. The highest BCUT2D eigenvalue weighted by molar-refractivity contribution is 6.09. The predicted molar refractivity (Wildman–Crippen MR) is 153 cm³/mol. The summed E-state index contributed by atoms with van der Waals surface area (Å²) in [6.07, 6.45) is 1.51. The van der Waals surface area contributed by atoms with E-state index in [9.17, 15) is 9.59 Å². The Morgan fingerprint density at radius 3 is 2.41 bits per heavy atom. The van der Waals surface area contributed by atoms with Gasteiger partial charge in [-0.25, -0.2) is 10.2 Å². The molecule has 5 rings (SSSR count). The van der Waals surface area contributed by atoms with Gasteiger partial charge in [-0.2, -0.15) is 5.10 Å². The van der Waals surface area contributed by atoms with E-state index in [4.69, 9.17) is 9.47 Å². The van der Waals surface area contributed by atoms with Crippen LogP contribution >= 0.6 is 0 Å². The first-order valence-electron chi connectivity index (χ1n) is 12.6. The minimum atomic E-state index is -0.475. The lowest BCUT2D eigenvalue weighted by Crippen LogP contribution is -2.18. The van der Waals surface area contributed by atoms with Gasteiger partial charge in [-0.05, 0) is 61.4 Å². The largest absolute Gasteiger partial charge is 0.490 e. The number of H-pyrrole nitrogens is 1. The number of benzene rings is 4. The minimum absolute atomic E-state index is 0.300.